The van der Waals surface area contributed by atoms with Crippen LogP contribution in [-0.4, -0.2) is 49.8 Å². The molecule has 7 heteroatoms. The molecule has 136 valence electrons. The number of nitrogens with one attached hydrogen (secondary N) is 1. The van der Waals surface area contributed by atoms with Gasteiger partial charge in [-0.3, -0.25) is 4.79 Å². The number of carbonyl (C=O) groups is 2. The molecule has 0 saturated carbocycles. The number of pyridine rings is 1. The largest absolute Gasteiger partial charge is 0.462 e. The number of ether oxygens (including phenoxy) is 2. The Morgan fingerprint density at radius 3 is 2.42 bits per heavy atom. The molecule has 1 amide bonds. The van der Waals surface area contributed by atoms with Crippen LogP contribution in [-0.2, 0) is 9.47 Å². The highest BCUT2D eigenvalue weighted by atomic mass is 16.5. The van der Waals surface area contributed by atoms with Crippen molar-refractivity contribution < 1.29 is 19.1 Å². The summed E-state index contributed by atoms with van der Waals surface area (Å²) < 4.78 is 10.3. The number of nitrogens with zero attached hydrogens (tertiary/aromatic N) is 2. The van der Waals surface area contributed by atoms with E-state index < -0.39 is 0 Å². The van der Waals surface area contributed by atoms with Gasteiger partial charge < -0.3 is 19.7 Å². The van der Waals surface area contributed by atoms with Gasteiger partial charge in [0.15, 0.2) is 0 Å². The number of benzene rings is 1. The number of aromatic nitrogens is 1. The molecule has 3 rings (SSSR count). The van der Waals surface area contributed by atoms with Crippen molar-refractivity contribution in [3.05, 3.63) is 53.7 Å². The fourth-order valence-electron chi connectivity index (χ4n) is 2.61. The molecule has 1 aliphatic rings. The number of morpholine rings is 1. The van der Waals surface area contributed by atoms with E-state index in [0.717, 1.165) is 18.9 Å². The lowest BCUT2D eigenvalue weighted by Crippen LogP contribution is -2.36. The monoisotopic (exact) mass is 355 g/mol. The molecule has 0 unspecified atom stereocenters. The molecule has 0 radical (unpaired) electrons. The molecule has 0 aliphatic carbocycles. The van der Waals surface area contributed by atoms with E-state index in [0.29, 0.717) is 36.6 Å². The SMILES string of the molecule is CCOC(=O)c1ccc(NC(=O)c2ccc(N3CCOCC3)nc2)cc1. The van der Waals surface area contributed by atoms with E-state index in [9.17, 15) is 9.59 Å². The van der Waals surface area contributed by atoms with Gasteiger partial charge in [-0.1, -0.05) is 0 Å². The van der Waals surface area contributed by atoms with Crippen molar-refractivity contribution in [2.75, 3.05) is 43.1 Å². The van der Waals surface area contributed by atoms with E-state index in [1.54, 1.807) is 43.5 Å². The molecule has 1 aliphatic heterocycles. The Hall–Kier alpha value is -2.93. The third-order valence-electron chi connectivity index (χ3n) is 4.00. The second-order valence-electron chi connectivity index (χ2n) is 5.76. The minimum Gasteiger partial charge on any atom is -0.462 e. The van der Waals surface area contributed by atoms with E-state index in [4.69, 9.17) is 9.47 Å². The highest BCUT2D eigenvalue weighted by Crippen LogP contribution is 2.15. The zero-order valence-corrected chi connectivity index (χ0v) is 14.6. The molecular weight excluding hydrogens is 334 g/mol. The van der Waals surface area contributed by atoms with E-state index >= 15 is 0 Å². The number of hydrogen-bond acceptors (Lipinski definition) is 6. The van der Waals surface area contributed by atoms with Gasteiger partial charge in [-0.25, -0.2) is 9.78 Å². The molecule has 1 N–H and O–H groups in total. The smallest absolute Gasteiger partial charge is 0.338 e. The molecule has 2 heterocycles. The molecule has 1 fully saturated rings. The van der Waals surface area contributed by atoms with Crippen molar-refractivity contribution in [2.24, 2.45) is 0 Å². The molecule has 26 heavy (non-hydrogen) atoms. The molecule has 7 nitrogen and oxygen atoms in total. The van der Waals surface area contributed by atoms with Gasteiger partial charge >= 0.3 is 5.97 Å². The van der Waals surface area contributed by atoms with Gasteiger partial charge in [-0.05, 0) is 43.3 Å². The highest BCUT2D eigenvalue weighted by molar-refractivity contribution is 6.04. The summed E-state index contributed by atoms with van der Waals surface area (Å²) in [7, 11) is 0. The minimum absolute atomic E-state index is 0.255. The van der Waals surface area contributed by atoms with Crippen molar-refractivity contribution >= 4 is 23.4 Å². The number of carbonyl (C=O) groups excluding carboxylic acids is 2. The van der Waals surface area contributed by atoms with Gasteiger partial charge in [0.25, 0.3) is 5.91 Å². The van der Waals surface area contributed by atoms with Crippen molar-refractivity contribution in [3.8, 4) is 0 Å². The molecule has 1 aromatic heterocycles. The average Bonchev–Trinajstić information content (AvgIpc) is 2.69. The van der Waals surface area contributed by atoms with Gasteiger partial charge in [-0.15, -0.1) is 0 Å². The van der Waals surface area contributed by atoms with Crippen LogP contribution >= 0.6 is 0 Å². The molecule has 1 aromatic carbocycles. The minimum atomic E-state index is -0.381. The summed E-state index contributed by atoms with van der Waals surface area (Å²) in [5.41, 5.74) is 1.51. The Balaban J connectivity index is 1.61. The zero-order chi connectivity index (χ0) is 18.4. The fraction of sp³-hybridized carbons (Fsp3) is 0.316. The Labute approximate surface area is 151 Å². The van der Waals surface area contributed by atoms with Gasteiger partial charge in [-0.2, -0.15) is 0 Å². The van der Waals surface area contributed by atoms with Crippen LogP contribution in [0.2, 0.25) is 0 Å². The summed E-state index contributed by atoms with van der Waals surface area (Å²) in [6.45, 7) is 5.05. The van der Waals surface area contributed by atoms with E-state index in [-0.39, 0.29) is 11.9 Å². The molecule has 2 aromatic rings. The number of anilines is 2. The van der Waals surface area contributed by atoms with E-state index in [2.05, 4.69) is 15.2 Å². The second kappa shape index (κ2) is 8.44. The molecule has 0 atom stereocenters. The van der Waals surface area contributed by atoms with Crippen molar-refractivity contribution in [1.82, 2.24) is 4.98 Å². The van der Waals surface area contributed by atoms with E-state index in [1.807, 2.05) is 6.07 Å². The number of hydrogen-bond donors (Lipinski definition) is 1. The van der Waals surface area contributed by atoms with Crippen LogP contribution in [0.25, 0.3) is 0 Å². The summed E-state index contributed by atoms with van der Waals surface area (Å²) in [6.07, 6.45) is 1.56. The molecular formula is C19H21N3O4. The lowest BCUT2D eigenvalue weighted by molar-refractivity contribution is 0.0526. The van der Waals surface area contributed by atoms with Crippen molar-refractivity contribution in [2.45, 2.75) is 6.92 Å². The molecule has 0 spiro atoms. The van der Waals surface area contributed by atoms with Crippen LogP contribution in [0.4, 0.5) is 11.5 Å². The third kappa shape index (κ3) is 4.37. The standard InChI is InChI=1S/C19H21N3O4/c1-2-26-19(24)14-3-6-16(7-4-14)21-18(23)15-5-8-17(20-13-15)22-9-11-25-12-10-22/h3-8,13H,2,9-12H2,1H3,(H,21,23). The van der Waals surface area contributed by atoms with Gasteiger partial charge in [0.05, 0.1) is 30.9 Å². The second-order valence-corrected chi connectivity index (χ2v) is 5.76. The number of esters is 1. The summed E-state index contributed by atoms with van der Waals surface area (Å²) in [4.78, 5) is 30.5. The summed E-state index contributed by atoms with van der Waals surface area (Å²) in [6, 6.07) is 10.2. The van der Waals surface area contributed by atoms with Gasteiger partial charge in [0.2, 0.25) is 0 Å². The number of rotatable bonds is 5. The Morgan fingerprint density at radius 1 is 1.12 bits per heavy atom. The lowest BCUT2D eigenvalue weighted by Gasteiger charge is -2.27. The van der Waals surface area contributed by atoms with E-state index in [1.165, 1.54) is 0 Å². The number of amides is 1. The first-order valence-corrected chi connectivity index (χ1v) is 8.54. The van der Waals surface area contributed by atoms with Crippen LogP contribution in [0.3, 0.4) is 0 Å². The third-order valence-corrected chi connectivity index (χ3v) is 4.00. The van der Waals surface area contributed by atoms with Crippen molar-refractivity contribution in [3.63, 3.8) is 0 Å². The Morgan fingerprint density at radius 2 is 1.81 bits per heavy atom. The first-order chi connectivity index (χ1) is 12.7. The predicted molar refractivity (Wildman–Crippen MR) is 97.6 cm³/mol. The molecule has 1 saturated heterocycles. The maximum absolute atomic E-state index is 12.3. The Bertz CT molecular complexity index is 753. The maximum Gasteiger partial charge on any atom is 0.338 e. The van der Waals surface area contributed by atoms with Crippen LogP contribution in [0.15, 0.2) is 42.6 Å². The van der Waals surface area contributed by atoms with Crippen molar-refractivity contribution in [1.29, 1.82) is 0 Å². The first kappa shape index (κ1) is 17.9. The first-order valence-electron chi connectivity index (χ1n) is 8.54. The predicted octanol–water partition coefficient (Wildman–Crippen LogP) is 2.35. The van der Waals surface area contributed by atoms with Crippen LogP contribution < -0.4 is 10.2 Å². The van der Waals surface area contributed by atoms with Crippen LogP contribution in [0.5, 0.6) is 0 Å². The van der Waals surface area contributed by atoms with Crippen LogP contribution in [0, 0.1) is 0 Å². The summed E-state index contributed by atoms with van der Waals surface area (Å²) in [5, 5.41) is 2.79. The highest BCUT2D eigenvalue weighted by Gasteiger charge is 2.14. The van der Waals surface area contributed by atoms with Gasteiger partial charge in [0.1, 0.15) is 5.82 Å². The average molecular weight is 355 g/mol. The topological polar surface area (TPSA) is 80.8 Å². The fourth-order valence-corrected chi connectivity index (χ4v) is 2.61. The lowest BCUT2D eigenvalue weighted by atomic mass is 10.2. The maximum atomic E-state index is 12.3. The van der Waals surface area contributed by atoms with Gasteiger partial charge in [0, 0.05) is 25.0 Å². The Kier molecular flexibility index (Phi) is 5.80. The quantitative estimate of drug-likeness (QED) is 0.829. The molecule has 0 bridgehead atoms. The van der Waals surface area contributed by atoms with Crippen LogP contribution in [0.1, 0.15) is 27.6 Å². The summed E-state index contributed by atoms with van der Waals surface area (Å²) in [5.74, 6) is 0.201. The zero-order valence-electron chi connectivity index (χ0n) is 14.6. The summed E-state index contributed by atoms with van der Waals surface area (Å²) >= 11 is 0. The normalized spacial score (nSPS) is 14.0.